The summed E-state index contributed by atoms with van der Waals surface area (Å²) >= 11 is 0. The van der Waals surface area contributed by atoms with Crippen LogP contribution >= 0.6 is 0 Å². The molecule has 0 spiro atoms. The first-order valence-corrected chi connectivity index (χ1v) is 7.10. The van der Waals surface area contributed by atoms with E-state index >= 15 is 0 Å². The van der Waals surface area contributed by atoms with Gasteiger partial charge in [0.15, 0.2) is 0 Å². The molecule has 1 heterocycles. The summed E-state index contributed by atoms with van der Waals surface area (Å²) in [6.07, 6.45) is 1.00. The maximum Gasteiger partial charge on any atom is 0.0720 e. The lowest BCUT2D eigenvalue weighted by Gasteiger charge is -2.22. The Morgan fingerprint density at radius 3 is 2.55 bits per heavy atom. The average Bonchev–Trinajstić information content (AvgIpc) is 2.53. The highest BCUT2D eigenvalue weighted by Crippen LogP contribution is 2.36. The van der Waals surface area contributed by atoms with Crippen molar-refractivity contribution in [2.75, 3.05) is 6.61 Å². The molecule has 0 saturated heterocycles. The minimum Gasteiger partial charge on any atom is -0.376 e. The van der Waals surface area contributed by atoms with E-state index in [1.165, 1.54) is 33.0 Å². The van der Waals surface area contributed by atoms with Crippen LogP contribution in [0.1, 0.15) is 11.1 Å². The van der Waals surface area contributed by atoms with Crippen LogP contribution in [0.2, 0.25) is 0 Å². The van der Waals surface area contributed by atoms with E-state index in [9.17, 15) is 0 Å². The summed E-state index contributed by atoms with van der Waals surface area (Å²) in [6, 6.07) is 21.7. The predicted molar refractivity (Wildman–Crippen MR) is 82.7 cm³/mol. The van der Waals surface area contributed by atoms with Crippen LogP contribution in [0.5, 0.6) is 0 Å². The molecule has 20 heavy (non-hydrogen) atoms. The van der Waals surface area contributed by atoms with E-state index in [0.717, 1.165) is 19.6 Å². The average molecular weight is 260 g/mol. The number of rotatable bonds is 1. The minimum atomic E-state index is 0.736. The van der Waals surface area contributed by atoms with Crippen LogP contribution < -0.4 is 0 Å². The highest BCUT2D eigenvalue weighted by atomic mass is 16.5. The van der Waals surface area contributed by atoms with Gasteiger partial charge in [-0.05, 0) is 45.5 Å². The Morgan fingerprint density at radius 1 is 0.850 bits per heavy atom. The molecule has 0 atom stereocenters. The third-order valence-electron chi connectivity index (χ3n) is 4.07. The molecule has 0 N–H and O–H groups in total. The van der Waals surface area contributed by atoms with E-state index in [0.29, 0.717) is 0 Å². The largest absolute Gasteiger partial charge is 0.376 e. The molecule has 0 radical (unpaired) electrons. The summed E-state index contributed by atoms with van der Waals surface area (Å²) in [6.45, 7) is 1.56. The van der Waals surface area contributed by atoms with Crippen LogP contribution in [0.3, 0.4) is 0 Å². The first-order valence-electron chi connectivity index (χ1n) is 7.10. The zero-order valence-corrected chi connectivity index (χ0v) is 11.3. The standard InChI is InChI=1S/C19H16O/c1-2-6-14(7-3-1)19-17-9-5-4-8-15(17)12-16-13-20-11-10-18(16)19/h1-9,12H,10-11,13H2. The molecule has 4 rings (SSSR count). The van der Waals surface area contributed by atoms with Gasteiger partial charge in [0.2, 0.25) is 0 Å². The Hall–Kier alpha value is -2.12. The van der Waals surface area contributed by atoms with Crippen molar-refractivity contribution >= 4 is 10.8 Å². The number of hydrogen-bond donors (Lipinski definition) is 0. The molecule has 1 heteroatoms. The summed E-state index contributed by atoms with van der Waals surface area (Å²) in [5.74, 6) is 0. The van der Waals surface area contributed by atoms with Crippen LogP contribution in [-0.4, -0.2) is 6.61 Å². The topological polar surface area (TPSA) is 9.23 Å². The van der Waals surface area contributed by atoms with Gasteiger partial charge in [-0.25, -0.2) is 0 Å². The van der Waals surface area contributed by atoms with E-state index in [-0.39, 0.29) is 0 Å². The van der Waals surface area contributed by atoms with E-state index in [4.69, 9.17) is 4.74 Å². The van der Waals surface area contributed by atoms with Gasteiger partial charge in [0.1, 0.15) is 0 Å². The molecule has 1 aliphatic rings. The van der Waals surface area contributed by atoms with Crippen molar-refractivity contribution in [1.29, 1.82) is 0 Å². The fraction of sp³-hybridized carbons (Fsp3) is 0.158. The zero-order chi connectivity index (χ0) is 13.4. The SMILES string of the molecule is c1ccc(-c2c3c(cc4ccccc24)COCC3)cc1. The Kier molecular flexibility index (Phi) is 2.79. The first kappa shape index (κ1) is 11.7. The van der Waals surface area contributed by atoms with Gasteiger partial charge in [0.05, 0.1) is 13.2 Å². The van der Waals surface area contributed by atoms with E-state index in [1.54, 1.807) is 0 Å². The normalized spacial score (nSPS) is 14.2. The number of fused-ring (bicyclic) bond motifs is 2. The number of benzene rings is 3. The molecule has 0 amide bonds. The first-order chi connectivity index (χ1) is 9.93. The molecule has 3 aromatic carbocycles. The van der Waals surface area contributed by atoms with Crippen molar-refractivity contribution in [2.24, 2.45) is 0 Å². The lowest BCUT2D eigenvalue weighted by molar-refractivity contribution is 0.111. The second kappa shape index (κ2) is 4.77. The highest BCUT2D eigenvalue weighted by Gasteiger charge is 2.17. The van der Waals surface area contributed by atoms with Gasteiger partial charge >= 0.3 is 0 Å². The van der Waals surface area contributed by atoms with Crippen molar-refractivity contribution in [3.63, 3.8) is 0 Å². The minimum absolute atomic E-state index is 0.736. The van der Waals surface area contributed by atoms with Gasteiger partial charge in [-0.15, -0.1) is 0 Å². The second-order valence-corrected chi connectivity index (χ2v) is 5.28. The van der Waals surface area contributed by atoms with Gasteiger partial charge < -0.3 is 4.74 Å². The smallest absolute Gasteiger partial charge is 0.0720 e. The third-order valence-corrected chi connectivity index (χ3v) is 4.07. The molecule has 0 unspecified atom stereocenters. The van der Waals surface area contributed by atoms with Crippen molar-refractivity contribution in [3.05, 3.63) is 71.8 Å². The van der Waals surface area contributed by atoms with Gasteiger partial charge in [0, 0.05) is 0 Å². The molecule has 0 saturated carbocycles. The molecule has 0 aliphatic carbocycles. The molecule has 98 valence electrons. The van der Waals surface area contributed by atoms with Crippen molar-refractivity contribution in [1.82, 2.24) is 0 Å². The predicted octanol–water partition coefficient (Wildman–Crippen LogP) is 4.58. The fourth-order valence-electron chi connectivity index (χ4n) is 3.15. The summed E-state index contributed by atoms with van der Waals surface area (Å²) in [4.78, 5) is 0. The van der Waals surface area contributed by atoms with Crippen molar-refractivity contribution < 1.29 is 4.74 Å². The summed E-state index contributed by atoms with van der Waals surface area (Å²) in [5.41, 5.74) is 5.50. The van der Waals surface area contributed by atoms with E-state index in [2.05, 4.69) is 60.7 Å². The highest BCUT2D eigenvalue weighted by molar-refractivity contribution is 5.99. The molecular formula is C19H16O. The molecule has 0 bridgehead atoms. The summed E-state index contributed by atoms with van der Waals surface area (Å²) in [5, 5.41) is 2.65. The van der Waals surface area contributed by atoms with Gasteiger partial charge in [-0.3, -0.25) is 0 Å². The number of hydrogen-bond acceptors (Lipinski definition) is 1. The quantitative estimate of drug-likeness (QED) is 0.622. The van der Waals surface area contributed by atoms with Crippen LogP contribution in [0.4, 0.5) is 0 Å². The van der Waals surface area contributed by atoms with Crippen LogP contribution in [0, 0.1) is 0 Å². The van der Waals surface area contributed by atoms with Gasteiger partial charge in [0.25, 0.3) is 0 Å². The van der Waals surface area contributed by atoms with Gasteiger partial charge in [-0.2, -0.15) is 0 Å². The Bertz CT molecular complexity index is 759. The number of ether oxygens (including phenoxy) is 1. The second-order valence-electron chi connectivity index (χ2n) is 5.28. The lowest BCUT2D eigenvalue weighted by Crippen LogP contribution is -2.11. The Labute approximate surface area is 118 Å². The molecule has 1 nitrogen and oxygen atoms in total. The zero-order valence-electron chi connectivity index (χ0n) is 11.3. The maximum absolute atomic E-state index is 5.64. The monoisotopic (exact) mass is 260 g/mol. The summed E-state index contributed by atoms with van der Waals surface area (Å²) < 4.78 is 5.64. The molecule has 1 aliphatic heterocycles. The van der Waals surface area contributed by atoms with E-state index in [1.807, 2.05) is 0 Å². The maximum atomic E-state index is 5.64. The Balaban J connectivity index is 2.10. The lowest BCUT2D eigenvalue weighted by atomic mass is 9.88. The molecule has 0 aromatic heterocycles. The van der Waals surface area contributed by atoms with Crippen molar-refractivity contribution in [2.45, 2.75) is 13.0 Å². The van der Waals surface area contributed by atoms with Crippen LogP contribution in [0.15, 0.2) is 60.7 Å². The molecular weight excluding hydrogens is 244 g/mol. The summed E-state index contributed by atoms with van der Waals surface area (Å²) in [7, 11) is 0. The molecule has 0 fully saturated rings. The third kappa shape index (κ3) is 1.83. The van der Waals surface area contributed by atoms with Gasteiger partial charge in [-0.1, -0.05) is 54.6 Å². The van der Waals surface area contributed by atoms with Crippen LogP contribution in [0.25, 0.3) is 21.9 Å². The Morgan fingerprint density at radius 2 is 1.65 bits per heavy atom. The van der Waals surface area contributed by atoms with E-state index < -0.39 is 0 Å². The molecule has 3 aromatic rings. The fourth-order valence-corrected chi connectivity index (χ4v) is 3.15. The van der Waals surface area contributed by atoms with Crippen LogP contribution in [-0.2, 0) is 17.8 Å². The van der Waals surface area contributed by atoms with Crippen molar-refractivity contribution in [3.8, 4) is 11.1 Å².